The van der Waals surface area contributed by atoms with Crippen molar-refractivity contribution in [3.05, 3.63) is 40.6 Å². The van der Waals surface area contributed by atoms with Gasteiger partial charge in [-0.3, -0.25) is 9.59 Å². The van der Waals surface area contributed by atoms with Gasteiger partial charge >= 0.3 is 0 Å². The molecule has 164 valence electrons. The topological polar surface area (TPSA) is 67.2 Å². The summed E-state index contributed by atoms with van der Waals surface area (Å²) in [6, 6.07) is 3.74. The highest BCUT2D eigenvalue weighted by molar-refractivity contribution is 7.09. The molecule has 2 aromatic rings. The molecule has 4 aliphatic carbocycles. The minimum Gasteiger partial charge on any atom is -0.354 e. The van der Waals surface area contributed by atoms with Crippen LogP contribution in [0.15, 0.2) is 30.0 Å². The lowest BCUT2D eigenvalue weighted by Crippen LogP contribution is -2.56. The maximum absolute atomic E-state index is 13.9. The van der Waals surface area contributed by atoms with E-state index in [-0.39, 0.29) is 11.3 Å². The van der Waals surface area contributed by atoms with Crippen molar-refractivity contribution in [2.75, 3.05) is 13.1 Å². The number of carbonyl (C=O) groups excluding carboxylic acids is 2. The molecule has 31 heavy (non-hydrogen) atoms. The third-order valence-electron chi connectivity index (χ3n) is 8.16. The molecule has 1 aliphatic heterocycles. The van der Waals surface area contributed by atoms with Gasteiger partial charge in [-0.05, 0) is 74.1 Å². The van der Waals surface area contributed by atoms with E-state index in [1.807, 2.05) is 21.7 Å². The van der Waals surface area contributed by atoms with E-state index in [9.17, 15) is 9.59 Å². The molecule has 1 N–H and O–H groups in total. The van der Waals surface area contributed by atoms with E-state index in [1.54, 1.807) is 17.7 Å². The second-order valence-corrected chi connectivity index (χ2v) is 11.3. The van der Waals surface area contributed by atoms with Gasteiger partial charge in [0, 0.05) is 17.6 Å². The number of fused-ring (bicyclic) bond motifs is 1. The number of hydrogen-bond acceptors (Lipinski definition) is 4. The molecule has 7 heteroatoms. The van der Waals surface area contributed by atoms with Gasteiger partial charge in [0.2, 0.25) is 11.8 Å². The monoisotopic (exact) mass is 438 g/mol. The van der Waals surface area contributed by atoms with E-state index in [2.05, 4.69) is 21.7 Å². The fraction of sp³-hybridized carbons (Fsp3) is 0.625. The summed E-state index contributed by atoms with van der Waals surface area (Å²) in [4.78, 5) is 34.5. The van der Waals surface area contributed by atoms with E-state index >= 15 is 0 Å². The molecule has 1 unspecified atom stereocenters. The minimum absolute atomic E-state index is 0.0150. The SMILES string of the molecule is O=C(NCCc1cccs1)C1CN(C(=O)C23CC4CC(CC(C4)C2)C3)Cc2cncn21. The standard InChI is InChI=1S/C24H30N4O2S/c29-22(26-4-3-20-2-1-5-31-20)21-14-27(13-19-12-25-15-28(19)21)23(30)24-9-16-6-17(10-24)8-18(7-16)11-24/h1-2,5,12,15-18,21H,3-4,6-11,13-14H2,(H,26,29). The van der Waals surface area contributed by atoms with Crippen LogP contribution in [0.5, 0.6) is 0 Å². The predicted molar refractivity (Wildman–Crippen MR) is 118 cm³/mol. The number of thiophene rings is 1. The molecular formula is C24H30N4O2S. The fourth-order valence-corrected chi connectivity index (χ4v) is 7.95. The van der Waals surface area contributed by atoms with E-state index in [0.717, 1.165) is 49.1 Å². The van der Waals surface area contributed by atoms with Crippen LogP contribution >= 0.6 is 11.3 Å². The second-order valence-electron chi connectivity index (χ2n) is 10.3. The predicted octanol–water partition coefficient (Wildman–Crippen LogP) is 3.40. The number of carbonyl (C=O) groups is 2. The number of nitrogens with one attached hydrogen (secondary N) is 1. The zero-order chi connectivity index (χ0) is 21.0. The molecule has 0 spiro atoms. The Morgan fingerprint density at radius 2 is 1.90 bits per heavy atom. The first kappa shape index (κ1) is 19.5. The highest BCUT2D eigenvalue weighted by atomic mass is 32.1. The lowest BCUT2D eigenvalue weighted by Gasteiger charge is -2.57. The number of hydrogen-bond donors (Lipinski definition) is 1. The van der Waals surface area contributed by atoms with Gasteiger partial charge in [0.15, 0.2) is 0 Å². The molecular weight excluding hydrogens is 408 g/mol. The van der Waals surface area contributed by atoms with Crippen molar-refractivity contribution in [2.45, 2.75) is 57.5 Å². The summed E-state index contributed by atoms with van der Waals surface area (Å²) >= 11 is 1.71. The van der Waals surface area contributed by atoms with Gasteiger partial charge in [0.05, 0.1) is 30.5 Å². The fourth-order valence-electron chi connectivity index (χ4n) is 7.25. The lowest BCUT2D eigenvalue weighted by molar-refractivity contribution is -0.160. The first-order valence-electron chi connectivity index (χ1n) is 11.7. The van der Waals surface area contributed by atoms with Gasteiger partial charge in [0.1, 0.15) is 6.04 Å². The van der Waals surface area contributed by atoms with Crippen LogP contribution in [-0.4, -0.2) is 39.4 Å². The Hall–Kier alpha value is -2.15. The van der Waals surface area contributed by atoms with Crippen LogP contribution < -0.4 is 5.32 Å². The van der Waals surface area contributed by atoms with Gasteiger partial charge in [0.25, 0.3) is 0 Å². The molecule has 6 nitrogen and oxygen atoms in total. The maximum atomic E-state index is 13.9. The number of imidazole rings is 1. The average molecular weight is 439 g/mol. The van der Waals surface area contributed by atoms with Crippen molar-refractivity contribution < 1.29 is 9.59 Å². The summed E-state index contributed by atoms with van der Waals surface area (Å²) in [5.74, 6) is 2.50. The summed E-state index contributed by atoms with van der Waals surface area (Å²) < 4.78 is 1.96. The number of amides is 2. The number of rotatable bonds is 5. The third-order valence-corrected chi connectivity index (χ3v) is 9.10. The van der Waals surface area contributed by atoms with Gasteiger partial charge in [-0.25, -0.2) is 4.98 Å². The summed E-state index contributed by atoms with van der Waals surface area (Å²) in [5, 5.41) is 5.16. The zero-order valence-corrected chi connectivity index (χ0v) is 18.7. The molecule has 1 atom stereocenters. The molecule has 0 radical (unpaired) electrons. The van der Waals surface area contributed by atoms with Gasteiger partial charge < -0.3 is 14.8 Å². The molecule has 2 amide bonds. The summed E-state index contributed by atoms with van der Waals surface area (Å²) in [5.41, 5.74) is 0.791. The summed E-state index contributed by atoms with van der Waals surface area (Å²) in [6.07, 6.45) is 11.6. The number of aromatic nitrogens is 2. The molecule has 0 saturated heterocycles. The Bertz CT molecular complexity index is 946. The smallest absolute Gasteiger partial charge is 0.244 e. The van der Waals surface area contributed by atoms with Crippen molar-refractivity contribution in [1.82, 2.24) is 19.8 Å². The third kappa shape index (κ3) is 3.41. The molecule has 4 bridgehead atoms. The quantitative estimate of drug-likeness (QED) is 0.778. The highest BCUT2D eigenvalue weighted by Gasteiger charge is 2.56. The molecule has 7 rings (SSSR count). The molecule has 4 saturated carbocycles. The first-order valence-corrected chi connectivity index (χ1v) is 12.6. The van der Waals surface area contributed by atoms with Gasteiger partial charge in [-0.1, -0.05) is 6.07 Å². The van der Waals surface area contributed by atoms with Crippen LogP contribution in [0.2, 0.25) is 0 Å². The van der Waals surface area contributed by atoms with Crippen LogP contribution in [0.25, 0.3) is 0 Å². The largest absolute Gasteiger partial charge is 0.354 e. The molecule has 0 aromatic carbocycles. The minimum atomic E-state index is -0.396. The molecule has 3 heterocycles. The highest BCUT2D eigenvalue weighted by Crippen LogP contribution is 2.60. The van der Waals surface area contributed by atoms with Crippen molar-refractivity contribution in [1.29, 1.82) is 0 Å². The Kier molecular flexibility index (Phi) is 4.70. The van der Waals surface area contributed by atoms with Crippen LogP contribution in [0, 0.1) is 23.2 Å². The number of nitrogens with zero attached hydrogens (tertiary/aromatic N) is 3. The second kappa shape index (κ2) is 7.47. The van der Waals surface area contributed by atoms with Gasteiger partial charge in [-0.15, -0.1) is 11.3 Å². The van der Waals surface area contributed by atoms with E-state index < -0.39 is 6.04 Å². The Balaban J connectivity index is 1.18. The van der Waals surface area contributed by atoms with Crippen LogP contribution in [0.1, 0.15) is 55.1 Å². The van der Waals surface area contributed by atoms with Crippen molar-refractivity contribution in [3.63, 3.8) is 0 Å². The Morgan fingerprint density at radius 3 is 2.58 bits per heavy atom. The van der Waals surface area contributed by atoms with E-state index in [1.165, 1.54) is 24.1 Å². The van der Waals surface area contributed by atoms with Crippen molar-refractivity contribution >= 4 is 23.2 Å². The first-order chi connectivity index (χ1) is 15.1. The van der Waals surface area contributed by atoms with E-state index in [0.29, 0.717) is 25.5 Å². The van der Waals surface area contributed by atoms with Crippen LogP contribution in [0.4, 0.5) is 0 Å². The van der Waals surface area contributed by atoms with Crippen LogP contribution in [-0.2, 0) is 22.6 Å². The molecule has 2 aromatic heterocycles. The van der Waals surface area contributed by atoms with E-state index in [4.69, 9.17) is 0 Å². The Morgan fingerprint density at radius 1 is 1.16 bits per heavy atom. The van der Waals surface area contributed by atoms with Crippen molar-refractivity contribution in [3.8, 4) is 0 Å². The zero-order valence-electron chi connectivity index (χ0n) is 17.8. The van der Waals surface area contributed by atoms with Gasteiger partial charge in [-0.2, -0.15) is 0 Å². The summed E-state index contributed by atoms with van der Waals surface area (Å²) in [6.45, 7) is 1.64. The molecule has 4 fully saturated rings. The Labute approximate surface area is 187 Å². The summed E-state index contributed by atoms with van der Waals surface area (Å²) in [7, 11) is 0. The van der Waals surface area contributed by atoms with Crippen LogP contribution in [0.3, 0.4) is 0 Å². The average Bonchev–Trinajstić information content (AvgIpc) is 3.43. The van der Waals surface area contributed by atoms with Crippen molar-refractivity contribution in [2.24, 2.45) is 23.2 Å². The normalized spacial score (nSPS) is 33.4. The maximum Gasteiger partial charge on any atom is 0.244 e. The molecule has 5 aliphatic rings. The lowest BCUT2D eigenvalue weighted by atomic mass is 9.49.